The number of aryl methyl sites for hydroxylation is 1. The van der Waals surface area contributed by atoms with Crippen LogP contribution in [0, 0.1) is 0 Å². The summed E-state index contributed by atoms with van der Waals surface area (Å²) in [4.78, 5) is 12.3. The molecule has 1 aromatic heterocycles. The molecule has 2 aromatic carbocycles. The van der Waals surface area contributed by atoms with Crippen molar-refractivity contribution in [2.75, 3.05) is 12.4 Å². The molecule has 3 aromatic rings. The van der Waals surface area contributed by atoms with Crippen molar-refractivity contribution < 1.29 is 9.53 Å². The average molecular weight is 370 g/mol. The van der Waals surface area contributed by atoms with Crippen LogP contribution in [0.25, 0.3) is 5.69 Å². The second-order valence-corrected chi connectivity index (χ2v) is 6.28. The van der Waals surface area contributed by atoms with Gasteiger partial charge in [-0.15, -0.1) is 5.10 Å². The summed E-state index contributed by atoms with van der Waals surface area (Å²) in [5, 5.41) is 8.01. The number of hydrogen-bond acceptors (Lipinski definition) is 3. The van der Waals surface area contributed by atoms with Crippen LogP contribution in [0.3, 0.4) is 0 Å². The van der Waals surface area contributed by atoms with E-state index in [0.717, 1.165) is 29.1 Å². The standard InChI is InChI=1S/C20H20ClN3O2/c1-3-16-13-19(23-24(16)17-6-4-5-15(21)12-17)22-20(25)11-14-7-9-18(26-2)10-8-14/h4-10,12-13H,3,11H2,1-2H3,(H,22,23,25). The first-order valence-corrected chi connectivity index (χ1v) is 8.74. The monoisotopic (exact) mass is 369 g/mol. The van der Waals surface area contributed by atoms with Crippen molar-refractivity contribution in [1.29, 1.82) is 0 Å². The number of hydrogen-bond donors (Lipinski definition) is 1. The van der Waals surface area contributed by atoms with E-state index in [1.165, 1.54) is 0 Å². The van der Waals surface area contributed by atoms with E-state index in [9.17, 15) is 4.79 Å². The number of aromatic nitrogens is 2. The summed E-state index contributed by atoms with van der Waals surface area (Å²) in [6.45, 7) is 2.04. The van der Waals surface area contributed by atoms with Gasteiger partial charge in [0.1, 0.15) is 5.75 Å². The molecule has 6 heteroatoms. The number of rotatable bonds is 6. The highest BCUT2D eigenvalue weighted by atomic mass is 35.5. The Morgan fingerprint density at radius 2 is 1.96 bits per heavy atom. The van der Waals surface area contributed by atoms with Crippen LogP contribution >= 0.6 is 11.6 Å². The van der Waals surface area contributed by atoms with Gasteiger partial charge in [-0.1, -0.05) is 36.7 Å². The molecule has 1 heterocycles. The summed E-state index contributed by atoms with van der Waals surface area (Å²) in [5.41, 5.74) is 2.77. The molecule has 0 spiro atoms. The van der Waals surface area contributed by atoms with E-state index in [4.69, 9.17) is 16.3 Å². The van der Waals surface area contributed by atoms with Gasteiger partial charge in [0, 0.05) is 16.8 Å². The van der Waals surface area contributed by atoms with Crippen LogP contribution in [-0.4, -0.2) is 22.8 Å². The van der Waals surface area contributed by atoms with Crippen molar-refractivity contribution in [1.82, 2.24) is 9.78 Å². The third-order valence-corrected chi connectivity index (χ3v) is 4.22. The highest BCUT2D eigenvalue weighted by Gasteiger charge is 2.12. The van der Waals surface area contributed by atoms with Gasteiger partial charge in [-0.05, 0) is 42.3 Å². The van der Waals surface area contributed by atoms with Crippen LogP contribution in [0.1, 0.15) is 18.2 Å². The minimum Gasteiger partial charge on any atom is -0.497 e. The lowest BCUT2D eigenvalue weighted by Gasteiger charge is -2.06. The van der Waals surface area contributed by atoms with Crippen molar-refractivity contribution in [3.63, 3.8) is 0 Å². The number of carbonyl (C=O) groups is 1. The first kappa shape index (κ1) is 18.0. The van der Waals surface area contributed by atoms with Crippen LogP contribution in [0.15, 0.2) is 54.6 Å². The highest BCUT2D eigenvalue weighted by molar-refractivity contribution is 6.30. The van der Waals surface area contributed by atoms with Gasteiger partial charge >= 0.3 is 0 Å². The van der Waals surface area contributed by atoms with E-state index in [1.54, 1.807) is 11.8 Å². The number of halogens is 1. The van der Waals surface area contributed by atoms with E-state index in [1.807, 2.05) is 61.5 Å². The Morgan fingerprint density at radius 3 is 2.62 bits per heavy atom. The molecule has 0 aliphatic heterocycles. The second kappa shape index (κ2) is 8.06. The normalized spacial score (nSPS) is 10.6. The SMILES string of the molecule is CCc1cc(NC(=O)Cc2ccc(OC)cc2)nn1-c1cccc(Cl)c1. The molecule has 0 radical (unpaired) electrons. The number of anilines is 1. The van der Waals surface area contributed by atoms with E-state index in [-0.39, 0.29) is 12.3 Å². The van der Waals surface area contributed by atoms with Crippen LogP contribution in [0.2, 0.25) is 5.02 Å². The molecular weight excluding hydrogens is 350 g/mol. The zero-order valence-corrected chi connectivity index (χ0v) is 15.5. The molecule has 0 atom stereocenters. The van der Waals surface area contributed by atoms with Gasteiger partial charge in [-0.25, -0.2) is 4.68 Å². The summed E-state index contributed by atoms with van der Waals surface area (Å²) >= 11 is 6.07. The molecule has 0 fully saturated rings. The number of carbonyl (C=O) groups excluding carboxylic acids is 1. The summed E-state index contributed by atoms with van der Waals surface area (Å²) in [6, 6.07) is 16.8. The molecule has 0 unspecified atom stereocenters. The maximum Gasteiger partial charge on any atom is 0.229 e. The van der Waals surface area contributed by atoms with Crippen LogP contribution < -0.4 is 10.1 Å². The van der Waals surface area contributed by atoms with Crippen LogP contribution in [-0.2, 0) is 17.6 Å². The Balaban J connectivity index is 1.74. The van der Waals surface area contributed by atoms with Crippen molar-refractivity contribution in [2.45, 2.75) is 19.8 Å². The fourth-order valence-electron chi connectivity index (χ4n) is 2.68. The maximum atomic E-state index is 12.3. The van der Waals surface area contributed by atoms with Gasteiger partial charge in [0.05, 0.1) is 19.2 Å². The van der Waals surface area contributed by atoms with E-state index < -0.39 is 0 Å². The minimum atomic E-state index is -0.117. The molecule has 5 nitrogen and oxygen atoms in total. The Labute approximate surface area is 157 Å². The van der Waals surface area contributed by atoms with Crippen molar-refractivity contribution in [3.05, 3.63) is 70.9 Å². The lowest BCUT2D eigenvalue weighted by molar-refractivity contribution is -0.115. The molecule has 26 heavy (non-hydrogen) atoms. The zero-order chi connectivity index (χ0) is 18.5. The van der Waals surface area contributed by atoms with E-state index in [0.29, 0.717) is 10.8 Å². The predicted octanol–water partition coefficient (Wildman–Crippen LogP) is 4.28. The molecule has 0 bridgehead atoms. The van der Waals surface area contributed by atoms with Crippen molar-refractivity contribution in [3.8, 4) is 11.4 Å². The van der Waals surface area contributed by atoms with Gasteiger partial charge in [0.25, 0.3) is 0 Å². The Hall–Kier alpha value is -2.79. The number of benzene rings is 2. The maximum absolute atomic E-state index is 12.3. The molecule has 134 valence electrons. The topological polar surface area (TPSA) is 56.1 Å². The fourth-order valence-corrected chi connectivity index (χ4v) is 2.86. The quantitative estimate of drug-likeness (QED) is 0.705. The lowest BCUT2D eigenvalue weighted by Crippen LogP contribution is -2.15. The van der Waals surface area contributed by atoms with E-state index in [2.05, 4.69) is 10.4 Å². The molecule has 0 saturated heterocycles. The van der Waals surface area contributed by atoms with Gasteiger partial charge in [0.2, 0.25) is 5.91 Å². The van der Waals surface area contributed by atoms with Gasteiger partial charge in [-0.2, -0.15) is 0 Å². The first-order chi connectivity index (χ1) is 12.6. The Bertz CT molecular complexity index is 904. The summed E-state index contributed by atoms with van der Waals surface area (Å²) in [5.74, 6) is 1.18. The molecule has 0 aliphatic rings. The number of amides is 1. The number of nitrogens with zero attached hydrogens (tertiary/aromatic N) is 2. The third kappa shape index (κ3) is 4.24. The first-order valence-electron chi connectivity index (χ1n) is 8.36. The van der Waals surface area contributed by atoms with Gasteiger partial charge in [0.15, 0.2) is 5.82 Å². The summed E-state index contributed by atoms with van der Waals surface area (Å²) in [7, 11) is 1.61. The largest absolute Gasteiger partial charge is 0.497 e. The third-order valence-electron chi connectivity index (χ3n) is 3.99. The summed E-state index contributed by atoms with van der Waals surface area (Å²) in [6.07, 6.45) is 1.06. The molecule has 3 rings (SSSR count). The lowest BCUT2D eigenvalue weighted by atomic mass is 10.1. The summed E-state index contributed by atoms with van der Waals surface area (Å²) < 4.78 is 6.93. The van der Waals surface area contributed by atoms with E-state index >= 15 is 0 Å². The molecule has 1 amide bonds. The van der Waals surface area contributed by atoms with Crippen LogP contribution in [0.4, 0.5) is 5.82 Å². The highest BCUT2D eigenvalue weighted by Crippen LogP contribution is 2.20. The van der Waals surface area contributed by atoms with Crippen molar-refractivity contribution in [2.24, 2.45) is 0 Å². The molecule has 0 aliphatic carbocycles. The number of ether oxygens (including phenoxy) is 1. The van der Waals surface area contributed by atoms with Crippen molar-refractivity contribution >= 4 is 23.3 Å². The zero-order valence-electron chi connectivity index (χ0n) is 14.7. The van der Waals surface area contributed by atoms with Crippen LogP contribution in [0.5, 0.6) is 5.75 Å². The molecule has 0 saturated carbocycles. The Kier molecular flexibility index (Phi) is 5.58. The van der Waals surface area contributed by atoms with Gasteiger partial charge in [-0.3, -0.25) is 4.79 Å². The number of nitrogens with one attached hydrogen (secondary N) is 1. The Morgan fingerprint density at radius 1 is 1.19 bits per heavy atom. The molecule has 1 N–H and O–H groups in total. The second-order valence-electron chi connectivity index (χ2n) is 5.84. The fraction of sp³-hybridized carbons (Fsp3) is 0.200. The minimum absolute atomic E-state index is 0.117. The number of methoxy groups -OCH3 is 1. The molecular formula is C20H20ClN3O2. The average Bonchev–Trinajstić information content (AvgIpc) is 3.05. The smallest absolute Gasteiger partial charge is 0.229 e. The predicted molar refractivity (Wildman–Crippen MR) is 103 cm³/mol. The van der Waals surface area contributed by atoms with Gasteiger partial charge < -0.3 is 10.1 Å².